The first-order valence-electron chi connectivity index (χ1n) is 11.4. The number of fused-ring (bicyclic) bond motifs is 3. The van der Waals surface area contributed by atoms with Crippen molar-refractivity contribution < 1.29 is 23.8 Å². The van der Waals surface area contributed by atoms with Crippen LogP contribution in [0.15, 0.2) is 52.9 Å². The third-order valence-electron chi connectivity index (χ3n) is 6.39. The van der Waals surface area contributed by atoms with E-state index in [1.807, 2.05) is 48.5 Å². The molecular formula is C27H26ClNO5. The predicted molar refractivity (Wildman–Crippen MR) is 132 cm³/mol. The lowest BCUT2D eigenvalue weighted by atomic mass is 9.88. The highest BCUT2D eigenvalue weighted by Gasteiger charge is 2.34. The number of carbonyl (C=O) groups is 1. The molecule has 1 aliphatic heterocycles. The second-order valence-electron chi connectivity index (χ2n) is 8.37. The number of rotatable bonds is 5. The van der Waals surface area contributed by atoms with Crippen molar-refractivity contribution >= 4 is 39.3 Å². The number of carbonyl (C=O) groups excluding carboxylic acids is 1. The van der Waals surface area contributed by atoms with E-state index < -0.39 is 5.97 Å². The summed E-state index contributed by atoms with van der Waals surface area (Å²) in [6.07, 6.45) is 0. The zero-order chi connectivity index (χ0) is 23.8. The maximum Gasteiger partial charge on any atom is 0.342 e. The van der Waals surface area contributed by atoms with Gasteiger partial charge in [-0.3, -0.25) is 4.90 Å². The monoisotopic (exact) mass is 479 g/mol. The molecule has 1 aromatic heterocycles. The minimum absolute atomic E-state index is 0.126. The fourth-order valence-electron chi connectivity index (χ4n) is 4.90. The van der Waals surface area contributed by atoms with Gasteiger partial charge in [-0.1, -0.05) is 48.0 Å². The van der Waals surface area contributed by atoms with Gasteiger partial charge >= 0.3 is 5.97 Å². The van der Waals surface area contributed by atoms with Gasteiger partial charge in [0.05, 0.1) is 25.9 Å². The van der Waals surface area contributed by atoms with Crippen molar-refractivity contribution in [1.82, 2.24) is 4.90 Å². The maximum atomic E-state index is 13.1. The predicted octanol–water partition coefficient (Wildman–Crippen LogP) is 5.85. The number of hydrogen-bond acceptors (Lipinski definition) is 6. The van der Waals surface area contributed by atoms with E-state index in [-0.39, 0.29) is 18.4 Å². The first-order valence-corrected chi connectivity index (χ1v) is 11.8. The molecule has 2 heterocycles. The molecule has 34 heavy (non-hydrogen) atoms. The van der Waals surface area contributed by atoms with E-state index >= 15 is 0 Å². The van der Waals surface area contributed by atoms with Gasteiger partial charge in [-0.05, 0) is 31.5 Å². The molecule has 1 aliphatic rings. The third-order valence-corrected chi connectivity index (χ3v) is 6.64. The number of aromatic hydroxyl groups is 1. The molecule has 7 heteroatoms. The summed E-state index contributed by atoms with van der Waals surface area (Å²) in [6.45, 7) is 6.28. The molecule has 0 amide bonds. The smallest absolute Gasteiger partial charge is 0.342 e. The van der Waals surface area contributed by atoms with Gasteiger partial charge in [-0.15, -0.1) is 0 Å². The summed E-state index contributed by atoms with van der Waals surface area (Å²) in [5, 5.41) is 14.4. The lowest BCUT2D eigenvalue weighted by Crippen LogP contribution is -2.39. The summed E-state index contributed by atoms with van der Waals surface area (Å²) in [5.74, 6) is 0.120. The molecule has 1 saturated heterocycles. The van der Waals surface area contributed by atoms with E-state index in [0.717, 1.165) is 10.9 Å². The Balaban J connectivity index is 1.89. The van der Waals surface area contributed by atoms with Gasteiger partial charge in [0, 0.05) is 39.8 Å². The number of furan rings is 1. The van der Waals surface area contributed by atoms with Crippen LogP contribution < -0.4 is 0 Å². The van der Waals surface area contributed by atoms with Crippen LogP contribution in [0.5, 0.6) is 5.75 Å². The third kappa shape index (κ3) is 3.82. The lowest BCUT2D eigenvalue weighted by molar-refractivity contribution is 0.0238. The Hall–Kier alpha value is -3.06. The largest absolute Gasteiger partial charge is 0.507 e. The summed E-state index contributed by atoms with van der Waals surface area (Å²) < 4.78 is 17.2. The molecule has 1 atom stereocenters. The van der Waals surface area contributed by atoms with Crippen LogP contribution in [0.3, 0.4) is 0 Å². The quantitative estimate of drug-likeness (QED) is 0.362. The van der Waals surface area contributed by atoms with E-state index in [0.29, 0.717) is 64.6 Å². The van der Waals surface area contributed by atoms with Gasteiger partial charge in [-0.2, -0.15) is 0 Å². The second-order valence-corrected chi connectivity index (χ2v) is 8.80. The average molecular weight is 480 g/mol. The zero-order valence-electron chi connectivity index (χ0n) is 19.1. The molecule has 3 aromatic carbocycles. The van der Waals surface area contributed by atoms with E-state index in [2.05, 4.69) is 4.90 Å². The Kier molecular flexibility index (Phi) is 6.21. The fourth-order valence-corrected chi connectivity index (χ4v) is 5.02. The molecule has 1 N–H and O–H groups in total. The van der Waals surface area contributed by atoms with Crippen LogP contribution in [0.2, 0.25) is 5.02 Å². The molecule has 0 radical (unpaired) electrons. The molecule has 4 aromatic rings. The van der Waals surface area contributed by atoms with Crippen molar-refractivity contribution in [1.29, 1.82) is 0 Å². The number of hydrogen-bond donors (Lipinski definition) is 1. The molecule has 0 saturated carbocycles. The highest BCUT2D eigenvalue weighted by Crippen LogP contribution is 2.47. The second kappa shape index (κ2) is 9.29. The number of halogens is 1. The van der Waals surface area contributed by atoms with Crippen LogP contribution in [0.25, 0.3) is 21.7 Å². The van der Waals surface area contributed by atoms with E-state index in [9.17, 15) is 9.90 Å². The Morgan fingerprint density at radius 1 is 1.12 bits per heavy atom. The molecule has 0 spiro atoms. The van der Waals surface area contributed by atoms with Crippen molar-refractivity contribution in [2.24, 2.45) is 0 Å². The number of morpholine rings is 1. The van der Waals surface area contributed by atoms with Gasteiger partial charge < -0.3 is 19.0 Å². The van der Waals surface area contributed by atoms with Gasteiger partial charge in [0.2, 0.25) is 0 Å². The molecule has 6 nitrogen and oxygen atoms in total. The van der Waals surface area contributed by atoms with Gasteiger partial charge in [0.25, 0.3) is 0 Å². The fraction of sp³-hybridized carbons (Fsp3) is 0.296. The Bertz CT molecular complexity index is 1360. The van der Waals surface area contributed by atoms with Crippen LogP contribution in [0.4, 0.5) is 0 Å². The summed E-state index contributed by atoms with van der Waals surface area (Å²) in [7, 11) is 0. The number of phenols is 1. The Labute approximate surface area is 202 Å². The number of aryl methyl sites for hydroxylation is 1. The van der Waals surface area contributed by atoms with Crippen molar-refractivity contribution in [2.45, 2.75) is 19.9 Å². The Morgan fingerprint density at radius 3 is 2.47 bits per heavy atom. The summed E-state index contributed by atoms with van der Waals surface area (Å²) >= 11 is 6.20. The minimum Gasteiger partial charge on any atom is -0.507 e. The van der Waals surface area contributed by atoms with Crippen LogP contribution in [-0.4, -0.2) is 48.9 Å². The first-order chi connectivity index (χ1) is 16.5. The first kappa shape index (κ1) is 22.7. The molecule has 5 rings (SSSR count). The van der Waals surface area contributed by atoms with Crippen molar-refractivity contribution in [3.63, 3.8) is 0 Å². The lowest BCUT2D eigenvalue weighted by Gasteiger charge is -2.36. The molecule has 176 valence electrons. The van der Waals surface area contributed by atoms with Crippen LogP contribution in [-0.2, 0) is 9.47 Å². The standard InChI is InChI=1S/C27H26ClNO5/c1-3-33-27(31)21-16(2)34-26-20-7-5-4-6-19(20)25(30)23(22(21)26)24(29-12-14-32-15-13-29)17-8-10-18(28)11-9-17/h4-11,24,30H,3,12-15H2,1-2H3/t24-/m1/s1. The normalized spacial score (nSPS) is 15.6. The molecule has 1 fully saturated rings. The zero-order valence-corrected chi connectivity index (χ0v) is 19.9. The Morgan fingerprint density at radius 2 is 1.79 bits per heavy atom. The number of esters is 1. The van der Waals surface area contributed by atoms with E-state index in [1.54, 1.807) is 13.8 Å². The van der Waals surface area contributed by atoms with Gasteiger partial charge in [-0.25, -0.2) is 4.79 Å². The summed E-state index contributed by atoms with van der Waals surface area (Å²) in [5.41, 5.74) is 2.49. The molecule has 0 bridgehead atoms. The van der Waals surface area contributed by atoms with Gasteiger partial charge in [0.1, 0.15) is 22.7 Å². The number of nitrogens with zero attached hydrogens (tertiary/aromatic N) is 1. The van der Waals surface area contributed by atoms with Crippen molar-refractivity contribution in [3.8, 4) is 5.75 Å². The molecular weight excluding hydrogens is 454 g/mol. The molecule has 0 aliphatic carbocycles. The highest BCUT2D eigenvalue weighted by molar-refractivity contribution is 6.30. The number of phenolic OH excluding ortho intramolecular Hbond substituents is 1. The summed E-state index contributed by atoms with van der Waals surface area (Å²) in [6, 6.07) is 14.8. The minimum atomic E-state index is -0.466. The van der Waals surface area contributed by atoms with Crippen molar-refractivity contribution in [3.05, 3.63) is 76.0 Å². The van der Waals surface area contributed by atoms with Crippen molar-refractivity contribution in [2.75, 3.05) is 32.9 Å². The molecule has 0 unspecified atom stereocenters. The van der Waals surface area contributed by atoms with E-state index in [4.69, 9.17) is 25.5 Å². The SMILES string of the molecule is CCOC(=O)c1c(C)oc2c1c([C@@H](c1ccc(Cl)cc1)N1CCOCC1)c(O)c1ccccc12. The van der Waals surface area contributed by atoms with Crippen LogP contribution in [0, 0.1) is 6.92 Å². The number of benzene rings is 3. The topological polar surface area (TPSA) is 72.1 Å². The maximum absolute atomic E-state index is 13.1. The number of ether oxygens (including phenoxy) is 2. The van der Waals surface area contributed by atoms with Crippen LogP contribution in [0.1, 0.15) is 40.2 Å². The van der Waals surface area contributed by atoms with Crippen LogP contribution >= 0.6 is 11.6 Å². The summed E-state index contributed by atoms with van der Waals surface area (Å²) in [4.78, 5) is 15.4. The highest BCUT2D eigenvalue weighted by atomic mass is 35.5. The average Bonchev–Trinajstić information content (AvgIpc) is 3.20. The van der Waals surface area contributed by atoms with Gasteiger partial charge in [0.15, 0.2) is 0 Å². The van der Waals surface area contributed by atoms with E-state index in [1.165, 1.54) is 0 Å².